The van der Waals surface area contributed by atoms with Gasteiger partial charge in [-0.1, -0.05) is 17.7 Å². The van der Waals surface area contributed by atoms with Crippen LogP contribution in [0.15, 0.2) is 78.2 Å². The number of anilines is 1. The Kier molecular flexibility index (Phi) is 6.96. The second-order valence-electron chi connectivity index (χ2n) is 7.39. The number of aromatic nitrogens is 5. The van der Waals surface area contributed by atoms with Crippen molar-refractivity contribution in [2.75, 3.05) is 11.9 Å². The molecular formula is C22H20ClN7O3S. The van der Waals surface area contributed by atoms with Crippen LogP contribution in [0.5, 0.6) is 0 Å². The molecule has 12 heteroatoms. The third kappa shape index (κ3) is 5.45. The van der Waals surface area contributed by atoms with Gasteiger partial charge in [-0.15, -0.1) is 5.10 Å². The van der Waals surface area contributed by atoms with Gasteiger partial charge in [-0.25, -0.2) is 13.1 Å². The maximum absolute atomic E-state index is 13.6. The summed E-state index contributed by atoms with van der Waals surface area (Å²) < 4.78 is 29.7. The van der Waals surface area contributed by atoms with E-state index in [9.17, 15) is 13.2 Å². The number of carbonyl (C=O) groups is 1. The monoisotopic (exact) mass is 497 g/mol. The fraction of sp³-hybridized carbons (Fsp3) is 0.136. The number of hydrogen-bond donors (Lipinski definition) is 1. The first-order valence-corrected chi connectivity index (χ1v) is 11.9. The third-order valence-electron chi connectivity index (χ3n) is 4.93. The van der Waals surface area contributed by atoms with Gasteiger partial charge >= 0.3 is 0 Å². The van der Waals surface area contributed by atoms with Crippen LogP contribution in [0.1, 0.15) is 11.1 Å². The minimum Gasteiger partial charge on any atom is -0.325 e. The van der Waals surface area contributed by atoms with Crippen molar-refractivity contribution in [2.24, 2.45) is 0 Å². The van der Waals surface area contributed by atoms with Gasteiger partial charge in [0.1, 0.15) is 6.33 Å². The van der Waals surface area contributed by atoms with Crippen LogP contribution in [-0.4, -0.2) is 50.4 Å². The molecule has 0 aliphatic heterocycles. The number of benzene rings is 2. The summed E-state index contributed by atoms with van der Waals surface area (Å²) in [5.41, 5.74) is 2.45. The highest BCUT2D eigenvalue weighted by molar-refractivity contribution is 7.89. The Balaban J connectivity index is 1.62. The van der Waals surface area contributed by atoms with E-state index in [0.717, 1.165) is 4.31 Å². The summed E-state index contributed by atoms with van der Waals surface area (Å²) in [6, 6.07) is 14.6. The molecule has 0 fully saturated rings. The normalized spacial score (nSPS) is 11.5. The zero-order chi connectivity index (χ0) is 24.1. The summed E-state index contributed by atoms with van der Waals surface area (Å²) in [5, 5.41) is 14.3. The van der Waals surface area contributed by atoms with Gasteiger partial charge < -0.3 is 5.32 Å². The van der Waals surface area contributed by atoms with Crippen LogP contribution in [0.3, 0.4) is 0 Å². The topological polar surface area (TPSA) is 123 Å². The standard InChI is InChI=1S/C22H20ClN7O3S/c1-16-11-20(8-9-21(16)30-15-25-27-28-30)34(32,33)29(13-17-3-2-10-24-12-17)14-22(31)26-19-6-4-18(23)5-7-19/h2-12,15H,13-14H2,1H3,(H,26,31). The van der Waals surface area contributed by atoms with E-state index in [2.05, 4.69) is 25.8 Å². The molecule has 1 N–H and O–H groups in total. The molecule has 4 aromatic rings. The van der Waals surface area contributed by atoms with Crippen LogP contribution < -0.4 is 5.32 Å². The lowest BCUT2D eigenvalue weighted by Gasteiger charge is -2.22. The number of amides is 1. The predicted octanol–water partition coefficient (Wildman–Crippen LogP) is 2.85. The molecule has 0 atom stereocenters. The molecule has 0 saturated carbocycles. The number of sulfonamides is 1. The smallest absolute Gasteiger partial charge is 0.243 e. The Bertz CT molecular complexity index is 1380. The summed E-state index contributed by atoms with van der Waals surface area (Å²) >= 11 is 5.89. The lowest BCUT2D eigenvalue weighted by molar-refractivity contribution is -0.116. The van der Waals surface area contributed by atoms with Crippen molar-refractivity contribution in [3.63, 3.8) is 0 Å². The van der Waals surface area contributed by atoms with Crippen LogP contribution in [0, 0.1) is 6.92 Å². The molecule has 0 saturated heterocycles. The first kappa shape index (κ1) is 23.5. The van der Waals surface area contributed by atoms with Crippen molar-refractivity contribution in [3.8, 4) is 5.69 Å². The molecule has 34 heavy (non-hydrogen) atoms. The highest BCUT2D eigenvalue weighted by Gasteiger charge is 2.28. The minimum absolute atomic E-state index is 0.0298. The van der Waals surface area contributed by atoms with Gasteiger partial charge in [-0.2, -0.15) is 4.31 Å². The summed E-state index contributed by atoms with van der Waals surface area (Å²) in [5.74, 6) is -0.489. The summed E-state index contributed by atoms with van der Waals surface area (Å²) in [6.45, 7) is 1.33. The van der Waals surface area contributed by atoms with Crippen LogP contribution >= 0.6 is 11.6 Å². The molecule has 2 aromatic heterocycles. The van der Waals surface area contributed by atoms with Gasteiger partial charge in [-0.3, -0.25) is 9.78 Å². The van der Waals surface area contributed by atoms with Gasteiger partial charge in [0.15, 0.2) is 0 Å². The first-order valence-electron chi connectivity index (χ1n) is 10.1. The van der Waals surface area contributed by atoms with E-state index in [1.807, 2.05) is 0 Å². The number of nitrogens with zero attached hydrogens (tertiary/aromatic N) is 6. The van der Waals surface area contributed by atoms with E-state index in [1.54, 1.807) is 61.8 Å². The Morgan fingerprint density at radius 2 is 1.94 bits per heavy atom. The summed E-state index contributed by atoms with van der Waals surface area (Å²) in [4.78, 5) is 16.9. The van der Waals surface area contributed by atoms with Crippen molar-refractivity contribution in [2.45, 2.75) is 18.4 Å². The van der Waals surface area contributed by atoms with Crippen molar-refractivity contribution in [1.29, 1.82) is 0 Å². The average Bonchev–Trinajstić information content (AvgIpc) is 3.35. The molecule has 2 heterocycles. The molecule has 0 radical (unpaired) electrons. The predicted molar refractivity (Wildman–Crippen MR) is 126 cm³/mol. The van der Waals surface area contributed by atoms with Crippen LogP contribution in [-0.2, 0) is 21.4 Å². The van der Waals surface area contributed by atoms with Crippen molar-refractivity contribution in [1.82, 2.24) is 29.5 Å². The minimum atomic E-state index is -4.04. The Hall–Kier alpha value is -3.67. The highest BCUT2D eigenvalue weighted by Crippen LogP contribution is 2.23. The van der Waals surface area contributed by atoms with Gasteiger partial charge in [0.2, 0.25) is 15.9 Å². The molecule has 0 aliphatic rings. The molecule has 10 nitrogen and oxygen atoms in total. The quantitative estimate of drug-likeness (QED) is 0.397. The maximum Gasteiger partial charge on any atom is 0.243 e. The fourth-order valence-corrected chi connectivity index (χ4v) is 4.88. The number of hydrogen-bond acceptors (Lipinski definition) is 7. The van der Waals surface area contributed by atoms with Gasteiger partial charge in [-0.05, 0) is 77.0 Å². The number of pyridine rings is 1. The summed E-state index contributed by atoms with van der Waals surface area (Å²) in [7, 11) is -4.04. The van der Waals surface area contributed by atoms with Crippen molar-refractivity contribution < 1.29 is 13.2 Å². The van der Waals surface area contributed by atoms with E-state index < -0.39 is 22.5 Å². The van der Waals surface area contributed by atoms with E-state index in [0.29, 0.717) is 27.5 Å². The Morgan fingerprint density at radius 3 is 2.59 bits per heavy atom. The second-order valence-corrected chi connectivity index (χ2v) is 9.77. The number of aryl methyl sites for hydroxylation is 1. The second kappa shape index (κ2) is 10.1. The van der Waals surface area contributed by atoms with Gasteiger partial charge in [0.05, 0.1) is 17.1 Å². The molecule has 0 aliphatic carbocycles. The molecule has 0 bridgehead atoms. The molecule has 1 amide bonds. The molecule has 4 rings (SSSR count). The van der Waals surface area contributed by atoms with Gasteiger partial charge in [0, 0.05) is 29.6 Å². The lowest BCUT2D eigenvalue weighted by Crippen LogP contribution is -2.37. The number of halogens is 1. The van der Waals surface area contributed by atoms with E-state index in [-0.39, 0.29) is 11.4 Å². The van der Waals surface area contributed by atoms with Crippen LogP contribution in [0.4, 0.5) is 5.69 Å². The van der Waals surface area contributed by atoms with Crippen molar-refractivity contribution >= 4 is 33.2 Å². The van der Waals surface area contributed by atoms with Crippen LogP contribution in [0.2, 0.25) is 5.02 Å². The number of nitrogens with one attached hydrogen (secondary N) is 1. The highest BCUT2D eigenvalue weighted by atomic mass is 35.5. The number of rotatable bonds is 8. The molecule has 0 unspecified atom stereocenters. The number of tetrazole rings is 1. The summed E-state index contributed by atoms with van der Waals surface area (Å²) in [6.07, 6.45) is 4.58. The van der Waals surface area contributed by atoms with E-state index >= 15 is 0 Å². The van der Waals surface area contributed by atoms with Gasteiger partial charge in [0.25, 0.3) is 0 Å². The van der Waals surface area contributed by atoms with E-state index in [4.69, 9.17) is 11.6 Å². The van der Waals surface area contributed by atoms with E-state index in [1.165, 1.54) is 23.1 Å². The third-order valence-corrected chi connectivity index (χ3v) is 6.97. The maximum atomic E-state index is 13.6. The zero-order valence-electron chi connectivity index (χ0n) is 18.0. The fourth-order valence-electron chi connectivity index (χ4n) is 3.28. The molecular weight excluding hydrogens is 478 g/mol. The average molecular weight is 498 g/mol. The molecule has 2 aromatic carbocycles. The number of carbonyl (C=O) groups excluding carboxylic acids is 1. The largest absolute Gasteiger partial charge is 0.325 e. The Morgan fingerprint density at radius 1 is 1.15 bits per heavy atom. The Labute approximate surface area is 201 Å². The lowest BCUT2D eigenvalue weighted by atomic mass is 10.2. The van der Waals surface area contributed by atoms with Crippen molar-refractivity contribution in [3.05, 3.63) is 89.5 Å². The molecule has 174 valence electrons. The molecule has 0 spiro atoms. The SMILES string of the molecule is Cc1cc(S(=O)(=O)N(CC(=O)Nc2ccc(Cl)cc2)Cc2cccnc2)ccc1-n1cnnn1. The first-order chi connectivity index (χ1) is 16.3. The zero-order valence-corrected chi connectivity index (χ0v) is 19.6. The van der Waals surface area contributed by atoms with Crippen LogP contribution in [0.25, 0.3) is 5.69 Å².